The van der Waals surface area contributed by atoms with Crippen molar-refractivity contribution in [3.63, 3.8) is 0 Å². The zero-order chi connectivity index (χ0) is 9.56. The van der Waals surface area contributed by atoms with Gasteiger partial charge in [0.1, 0.15) is 0 Å². The third kappa shape index (κ3) is 7.01. The average molecular weight is 173 g/mol. The number of carbonyl (C=O) groups is 2. The van der Waals surface area contributed by atoms with Gasteiger partial charge < -0.3 is 11.5 Å². The van der Waals surface area contributed by atoms with Gasteiger partial charge >= 0.3 is 6.03 Å². The maximum absolute atomic E-state index is 10.8. The molecule has 1 unspecified atom stereocenters. The van der Waals surface area contributed by atoms with Crippen LogP contribution in [-0.4, -0.2) is 18.0 Å². The van der Waals surface area contributed by atoms with E-state index in [-0.39, 0.29) is 11.9 Å². The molecule has 0 fully saturated rings. The summed E-state index contributed by atoms with van der Waals surface area (Å²) in [7, 11) is 0. The number of hydrogen-bond acceptors (Lipinski definition) is 3. The lowest BCUT2D eigenvalue weighted by Gasteiger charge is -2.03. The fourth-order valence-electron chi connectivity index (χ4n) is 0.785. The van der Waals surface area contributed by atoms with E-state index in [2.05, 4.69) is 0 Å². The summed E-state index contributed by atoms with van der Waals surface area (Å²) in [6, 6.07) is -0.716. The molecule has 5 nitrogen and oxygen atoms in total. The van der Waals surface area contributed by atoms with E-state index in [1.807, 2.05) is 12.2 Å². The van der Waals surface area contributed by atoms with E-state index in [1.165, 1.54) is 0 Å². The molecule has 0 aliphatic carbocycles. The number of nitrogens with two attached hydrogens (primary N) is 2. The molecule has 0 saturated carbocycles. The van der Waals surface area contributed by atoms with Crippen molar-refractivity contribution < 1.29 is 9.59 Å². The van der Waals surface area contributed by atoms with Crippen LogP contribution in [-0.2, 0) is 4.79 Å². The first-order valence-corrected chi connectivity index (χ1v) is 3.87. The minimum absolute atomic E-state index is 0.0892. The van der Waals surface area contributed by atoms with Crippen LogP contribution in [0.5, 0.6) is 0 Å². The second-order valence-electron chi connectivity index (χ2n) is 2.78. The molecular formula is C7H15N3O2. The average Bonchev–Trinajstić information content (AvgIpc) is 1.84. The van der Waals surface area contributed by atoms with Gasteiger partial charge in [0.15, 0.2) is 0 Å². The molecule has 0 bridgehead atoms. The van der Waals surface area contributed by atoms with Crippen molar-refractivity contribution in [2.45, 2.75) is 32.2 Å². The van der Waals surface area contributed by atoms with E-state index >= 15 is 0 Å². The van der Waals surface area contributed by atoms with Gasteiger partial charge in [0.05, 0.1) is 0 Å². The summed E-state index contributed by atoms with van der Waals surface area (Å²) >= 11 is 0. The number of primary amides is 1. The Balaban J connectivity index is 3.38. The van der Waals surface area contributed by atoms with Crippen LogP contribution in [0.2, 0.25) is 0 Å². The van der Waals surface area contributed by atoms with Gasteiger partial charge in [-0.15, -0.1) is 0 Å². The van der Waals surface area contributed by atoms with E-state index < -0.39 is 6.03 Å². The second-order valence-corrected chi connectivity index (χ2v) is 2.78. The summed E-state index contributed by atoms with van der Waals surface area (Å²) < 4.78 is 0. The third-order valence-corrected chi connectivity index (χ3v) is 1.33. The first-order valence-electron chi connectivity index (χ1n) is 3.87. The van der Waals surface area contributed by atoms with E-state index in [4.69, 9.17) is 11.5 Å². The summed E-state index contributed by atoms with van der Waals surface area (Å²) in [5.74, 6) is -0.344. The quantitative estimate of drug-likeness (QED) is 0.544. The largest absolute Gasteiger partial charge is 0.351 e. The summed E-state index contributed by atoms with van der Waals surface area (Å²) in [6.45, 7) is 1.87. The lowest BCUT2D eigenvalue weighted by molar-refractivity contribution is -0.120. The smallest absolute Gasteiger partial charge is 0.318 e. The number of urea groups is 1. The normalized spacial score (nSPS) is 12.2. The highest BCUT2D eigenvalue weighted by atomic mass is 16.2. The number of rotatable bonds is 4. The van der Waals surface area contributed by atoms with Crippen LogP contribution in [0.3, 0.4) is 0 Å². The van der Waals surface area contributed by atoms with Crippen molar-refractivity contribution >= 4 is 11.9 Å². The standard InChI is InChI=1S/C7H15N3O2/c1-5(8)3-2-4-6(11)10-7(9)12/h5H,2-4,8H2,1H3,(H3,9,10,11,12). The Labute approximate surface area is 71.5 Å². The first-order chi connectivity index (χ1) is 5.52. The summed E-state index contributed by atoms with van der Waals surface area (Å²) in [4.78, 5) is 21.0. The van der Waals surface area contributed by atoms with Crippen LogP contribution in [0, 0.1) is 0 Å². The van der Waals surface area contributed by atoms with Crippen molar-refractivity contribution in [3.05, 3.63) is 0 Å². The minimum atomic E-state index is -0.805. The highest BCUT2D eigenvalue weighted by molar-refractivity contribution is 5.93. The molecule has 0 aromatic rings. The van der Waals surface area contributed by atoms with Gasteiger partial charge in [-0.1, -0.05) is 0 Å². The molecule has 0 spiro atoms. The Bertz CT molecular complexity index is 168. The van der Waals surface area contributed by atoms with E-state index in [0.29, 0.717) is 12.8 Å². The summed E-state index contributed by atoms with van der Waals surface area (Å²) in [5.41, 5.74) is 10.2. The number of nitrogens with one attached hydrogen (secondary N) is 1. The molecule has 0 aromatic carbocycles. The van der Waals surface area contributed by atoms with Crippen LogP contribution >= 0.6 is 0 Å². The molecule has 0 aliphatic heterocycles. The van der Waals surface area contributed by atoms with E-state index in [9.17, 15) is 9.59 Å². The van der Waals surface area contributed by atoms with Crippen molar-refractivity contribution in [1.29, 1.82) is 0 Å². The highest BCUT2D eigenvalue weighted by Crippen LogP contribution is 1.97. The number of hydrogen-bond donors (Lipinski definition) is 3. The Morgan fingerprint density at radius 3 is 2.50 bits per heavy atom. The summed E-state index contributed by atoms with van der Waals surface area (Å²) in [5, 5.41) is 1.98. The van der Waals surface area contributed by atoms with Crippen LogP contribution in [0.25, 0.3) is 0 Å². The molecule has 0 aliphatic rings. The maximum Gasteiger partial charge on any atom is 0.318 e. The lowest BCUT2D eigenvalue weighted by atomic mass is 10.1. The van der Waals surface area contributed by atoms with E-state index in [1.54, 1.807) is 0 Å². The summed E-state index contributed by atoms with van der Waals surface area (Å²) in [6.07, 6.45) is 1.74. The maximum atomic E-state index is 10.8. The molecule has 5 heteroatoms. The molecule has 0 rings (SSSR count). The first kappa shape index (κ1) is 10.9. The topological polar surface area (TPSA) is 98.2 Å². The predicted molar refractivity (Wildman–Crippen MR) is 45.2 cm³/mol. The molecule has 12 heavy (non-hydrogen) atoms. The lowest BCUT2D eigenvalue weighted by Crippen LogP contribution is -2.34. The van der Waals surface area contributed by atoms with Crippen LogP contribution in [0.4, 0.5) is 4.79 Å². The molecular weight excluding hydrogens is 158 g/mol. The Morgan fingerprint density at radius 2 is 2.08 bits per heavy atom. The monoisotopic (exact) mass is 173 g/mol. The van der Waals surface area contributed by atoms with Gasteiger partial charge in [-0.05, 0) is 19.8 Å². The minimum Gasteiger partial charge on any atom is -0.351 e. The fraction of sp³-hybridized carbons (Fsp3) is 0.714. The molecule has 70 valence electrons. The SMILES string of the molecule is CC(N)CCCC(=O)NC(N)=O. The van der Waals surface area contributed by atoms with Crippen molar-refractivity contribution in [1.82, 2.24) is 5.32 Å². The third-order valence-electron chi connectivity index (χ3n) is 1.33. The molecule has 0 heterocycles. The predicted octanol–water partition coefficient (Wildman–Crippen LogP) is -0.301. The Morgan fingerprint density at radius 1 is 1.50 bits per heavy atom. The Kier molecular flexibility index (Phi) is 5.03. The Hall–Kier alpha value is -1.10. The fourth-order valence-corrected chi connectivity index (χ4v) is 0.785. The second kappa shape index (κ2) is 5.54. The van der Waals surface area contributed by atoms with Crippen molar-refractivity contribution in [3.8, 4) is 0 Å². The van der Waals surface area contributed by atoms with Gasteiger partial charge in [-0.3, -0.25) is 10.1 Å². The number of amides is 3. The van der Waals surface area contributed by atoms with Gasteiger partial charge in [-0.25, -0.2) is 4.79 Å². The van der Waals surface area contributed by atoms with Crippen LogP contribution < -0.4 is 16.8 Å². The van der Waals surface area contributed by atoms with Gasteiger partial charge in [0.2, 0.25) is 5.91 Å². The molecule has 0 saturated heterocycles. The van der Waals surface area contributed by atoms with Crippen LogP contribution in [0.15, 0.2) is 0 Å². The molecule has 1 atom stereocenters. The van der Waals surface area contributed by atoms with Crippen molar-refractivity contribution in [2.24, 2.45) is 11.5 Å². The molecule has 0 radical (unpaired) electrons. The molecule has 0 aromatic heterocycles. The van der Waals surface area contributed by atoms with E-state index in [0.717, 1.165) is 6.42 Å². The van der Waals surface area contributed by atoms with Gasteiger partial charge in [0.25, 0.3) is 0 Å². The zero-order valence-electron chi connectivity index (χ0n) is 7.17. The van der Waals surface area contributed by atoms with Gasteiger partial charge in [-0.2, -0.15) is 0 Å². The highest BCUT2D eigenvalue weighted by Gasteiger charge is 2.03. The van der Waals surface area contributed by atoms with Crippen molar-refractivity contribution in [2.75, 3.05) is 0 Å². The van der Waals surface area contributed by atoms with Crippen LogP contribution in [0.1, 0.15) is 26.2 Å². The molecule has 3 amide bonds. The number of imide groups is 1. The zero-order valence-corrected chi connectivity index (χ0v) is 7.17. The number of carbonyl (C=O) groups excluding carboxylic acids is 2. The molecule has 5 N–H and O–H groups in total. The van der Waals surface area contributed by atoms with Gasteiger partial charge in [0, 0.05) is 12.5 Å².